The van der Waals surface area contributed by atoms with Gasteiger partial charge in [-0.05, 0) is 18.8 Å². The molecule has 1 aliphatic rings. The maximum Gasteiger partial charge on any atom is 0.325 e. The number of piperidine rings is 1. The van der Waals surface area contributed by atoms with Crippen LogP contribution in [-0.4, -0.2) is 63.7 Å². The number of likely N-dealkylation sites (tertiary alicyclic amines) is 1. The van der Waals surface area contributed by atoms with Crippen molar-refractivity contribution in [2.24, 2.45) is 5.92 Å². The van der Waals surface area contributed by atoms with Crippen LogP contribution >= 0.6 is 0 Å². The standard InChI is InChI=1S/C12H18N4O4/c1-20-8-9-3-2-4-15(5-9)12(19)10-6-16(14-13-10)7-11(17)18/h6,9H,2-5,7-8H2,1H3,(H,17,18). The number of nitrogens with zero attached hydrogens (tertiary/aromatic N) is 4. The number of carboxylic acids is 1. The lowest BCUT2D eigenvalue weighted by molar-refractivity contribution is -0.137. The molecule has 0 bridgehead atoms. The number of aliphatic carboxylic acids is 1. The van der Waals surface area contributed by atoms with Crippen LogP contribution in [0.2, 0.25) is 0 Å². The SMILES string of the molecule is COCC1CCCN(C(=O)c2cn(CC(=O)O)nn2)C1. The topological polar surface area (TPSA) is 97.5 Å². The van der Waals surface area contributed by atoms with Gasteiger partial charge in [0.05, 0.1) is 12.8 Å². The first kappa shape index (κ1) is 14.4. The first-order valence-corrected chi connectivity index (χ1v) is 6.50. The Kier molecular flexibility index (Phi) is 4.67. The molecule has 20 heavy (non-hydrogen) atoms. The van der Waals surface area contributed by atoms with E-state index in [9.17, 15) is 9.59 Å². The quantitative estimate of drug-likeness (QED) is 0.807. The minimum Gasteiger partial charge on any atom is -0.480 e. The second-order valence-corrected chi connectivity index (χ2v) is 4.91. The minimum absolute atomic E-state index is 0.185. The molecule has 110 valence electrons. The monoisotopic (exact) mass is 282 g/mol. The smallest absolute Gasteiger partial charge is 0.325 e. The molecule has 1 N–H and O–H groups in total. The van der Waals surface area contributed by atoms with Gasteiger partial charge in [0.1, 0.15) is 6.54 Å². The van der Waals surface area contributed by atoms with Gasteiger partial charge in [0.25, 0.3) is 5.91 Å². The van der Waals surface area contributed by atoms with Crippen LogP contribution in [0.1, 0.15) is 23.3 Å². The van der Waals surface area contributed by atoms with Crippen molar-refractivity contribution in [1.82, 2.24) is 19.9 Å². The number of carbonyl (C=O) groups excluding carboxylic acids is 1. The molecule has 1 unspecified atom stereocenters. The van der Waals surface area contributed by atoms with E-state index in [0.717, 1.165) is 17.5 Å². The highest BCUT2D eigenvalue weighted by Gasteiger charge is 2.26. The van der Waals surface area contributed by atoms with E-state index in [0.29, 0.717) is 25.6 Å². The molecule has 0 radical (unpaired) electrons. The Morgan fingerprint density at radius 3 is 3.05 bits per heavy atom. The summed E-state index contributed by atoms with van der Waals surface area (Å²) in [5, 5.41) is 16.0. The molecule has 1 atom stereocenters. The van der Waals surface area contributed by atoms with Gasteiger partial charge < -0.3 is 14.7 Å². The number of ether oxygens (including phenoxy) is 1. The van der Waals surface area contributed by atoms with Crippen molar-refractivity contribution in [3.8, 4) is 0 Å². The van der Waals surface area contributed by atoms with Crippen LogP contribution < -0.4 is 0 Å². The summed E-state index contributed by atoms with van der Waals surface area (Å²) in [5.74, 6) is -0.888. The number of aromatic nitrogens is 3. The predicted octanol–water partition coefficient (Wildman–Crippen LogP) is -0.139. The van der Waals surface area contributed by atoms with E-state index < -0.39 is 5.97 Å². The lowest BCUT2D eigenvalue weighted by Gasteiger charge is -2.31. The molecule has 2 rings (SSSR count). The number of amides is 1. The number of carbonyl (C=O) groups is 2. The fraction of sp³-hybridized carbons (Fsp3) is 0.667. The Bertz CT molecular complexity index is 486. The van der Waals surface area contributed by atoms with Crippen molar-refractivity contribution < 1.29 is 19.4 Å². The zero-order chi connectivity index (χ0) is 14.5. The zero-order valence-electron chi connectivity index (χ0n) is 11.4. The molecule has 1 aromatic rings. The summed E-state index contributed by atoms with van der Waals surface area (Å²) in [6.45, 7) is 1.66. The molecule has 1 saturated heterocycles. The molecular weight excluding hydrogens is 264 g/mol. The van der Waals surface area contributed by atoms with Gasteiger partial charge in [-0.15, -0.1) is 5.10 Å². The summed E-state index contributed by atoms with van der Waals surface area (Å²) < 4.78 is 6.27. The van der Waals surface area contributed by atoms with Gasteiger partial charge in [0, 0.05) is 20.2 Å². The molecule has 0 aromatic carbocycles. The van der Waals surface area contributed by atoms with E-state index in [1.54, 1.807) is 12.0 Å². The van der Waals surface area contributed by atoms with Gasteiger partial charge >= 0.3 is 5.97 Å². The molecule has 0 saturated carbocycles. The van der Waals surface area contributed by atoms with Gasteiger partial charge in [-0.25, -0.2) is 4.68 Å². The number of rotatable bonds is 5. The fourth-order valence-electron chi connectivity index (χ4n) is 2.40. The van der Waals surface area contributed by atoms with E-state index in [-0.39, 0.29) is 18.1 Å². The van der Waals surface area contributed by atoms with Crippen LogP contribution in [0, 0.1) is 5.92 Å². The molecule has 1 fully saturated rings. The third kappa shape index (κ3) is 3.53. The lowest BCUT2D eigenvalue weighted by Crippen LogP contribution is -2.41. The molecule has 1 aliphatic heterocycles. The average molecular weight is 282 g/mol. The Morgan fingerprint density at radius 1 is 1.55 bits per heavy atom. The molecule has 8 heteroatoms. The molecule has 1 amide bonds. The highest BCUT2D eigenvalue weighted by Crippen LogP contribution is 2.18. The molecule has 0 aliphatic carbocycles. The Morgan fingerprint density at radius 2 is 2.35 bits per heavy atom. The number of carboxylic acid groups (broad SMARTS) is 1. The molecule has 8 nitrogen and oxygen atoms in total. The Hall–Kier alpha value is -1.96. The summed E-state index contributed by atoms with van der Waals surface area (Å²) in [7, 11) is 1.65. The third-order valence-electron chi connectivity index (χ3n) is 3.26. The summed E-state index contributed by atoms with van der Waals surface area (Å²) in [5.41, 5.74) is 0.185. The van der Waals surface area contributed by atoms with E-state index in [4.69, 9.17) is 9.84 Å². The molecule has 1 aromatic heterocycles. The van der Waals surface area contributed by atoms with Gasteiger partial charge in [-0.2, -0.15) is 0 Å². The first-order valence-electron chi connectivity index (χ1n) is 6.50. The maximum atomic E-state index is 12.3. The van der Waals surface area contributed by atoms with Crippen molar-refractivity contribution in [3.05, 3.63) is 11.9 Å². The third-order valence-corrected chi connectivity index (χ3v) is 3.26. The molecule has 0 spiro atoms. The number of hydrogen-bond donors (Lipinski definition) is 1. The van der Waals surface area contributed by atoms with Gasteiger partial charge in [0.2, 0.25) is 0 Å². The molecular formula is C12H18N4O4. The van der Waals surface area contributed by atoms with Crippen LogP contribution in [0.25, 0.3) is 0 Å². The number of methoxy groups -OCH3 is 1. The van der Waals surface area contributed by atoms with E-state index in [2.05, 4.69) is 10.3 Å². The predicted molar refractivity (Wildman–Crippen MR) is 68.2 cm³/mol. The summed E-state index contributed by atoms with van der Waals surface area (Å²) >= 11 is 0. The lowest BCUT2D eigenvalue weighted by atomic mass is 9.99. The van der Waals surface area contributed by atoms with Gasteiger partial charge in [-0.1, -0.05) is 5.21 Å². The highest BCUT2D eigenvalue weighted by molar-refractivity contribution is 5.92. The maximum absolute atomic E-state index is 12.3. The van der Waals surface area contributed by atoms with Crippen molar-refractivity contribution in [3.63, 3.8) is 0 Å². The molecule has 2 heterocycles. The van der Waals surface area contributed by atoms with E-state index in [1.807, 2.05) is 0 Å². The Balaban J connectivity index is 1.99. The second-order valence-electron chi connectivity index (χ2n) is 4.91. The Labute approximate surface area is 116 Å². The van der Waals surface area contributed by atoms with Crippen molar-refractivity contribution in [2.45, 2.75) is 19.4 Å². The van der Waals surface area contributed by atoms with Crippen LogP contribution in [0.4, 0.5) is 0 Å². The van der Waals surface area contributed by atoms with Crippen molar-refractivity contribution in [1.29, 1.82) is 0 Å². The minimum atomic E-state index is -1.02. The summed E-state index contributed by atoms with van der Waals surface area (Å²) in [6, 6.07) is 0. The highest BCUT2D eigenvalue weighted by atomic mass is 16.5. The van der Waals surface area contributed by atoms with Gasteiger partial charge in [-0.3, -0.25) is 9.59 Å². The van der Waals surface area contributed by atoms with Crippen molar-refractivity contribution in [2.75, 3.05) is 26.8 Å². The fourth-order valence-corrected chi connectivity index (χ4v) is 2.40. The normalized spacial score (nSPS) is 19.1. The van der Waals surface area contributed by atoms with Crippen LogP contribution in [0.3, 0.4) is 0 Å². The largest absolute Gasteiger partial charge is 0.480 e. The second kappa shape index (κ2) is 6.47. The van der Waals surface area contributed by atoms with Crippen LogP contribution in [0.5, 0.6) is 0 Å². The van der Waals surface area contributed by atoms with Crippen LogP contribution in [0.15, 0.2) is 6.20 Å². The number of hydrogen-bond acceptors (Lipinski definition) is 5. The van der Waals surface area contributed by atoms with Crippen LogP contribution in [-0.2, 0) is 16.1 Å². The zero-order valence-corrected chi connectivity index (χ0v) is 11.4. The first-order chi connectivity index (χ1) is 9.60. The average Bonchev–Trinajstić information content (AvgIpc) is 2.86. The van der Waals surface area contributed by atoms with Gasteiger partial charge in [0.15, 0.2) is 5.69 Å². The summed E-state index contributed by atoms with van der Waals surface area (Å²) in [6.07, 6.45) is 3.35. The summed E-state index contributed by atoms with van der Waals surface area (Å²) in [4.78, 5) is 24.6. The van der Waals surface area contributed by atoms with E-state index >= 15 is 0 Å². The van der Waals surface area contributed by atoms with Crippen molar-refractivity contribution >= 4 is 11.9 Å². The van der Waals surface area contributed by atoms with E-state index in [1.165, 1.54) is 6.20 Å².